The van der Waals surface area contributed by atoms with Crippen LogP contribution in [0.3, 0.4) is 0 Å². The van der Waals surface area contributed by atoms with Gasteiger partial charge in [0, 0.05) is 50.1 Å². The van der Waals surface area contributed by atoms with E-state index in [0.29, 0.717) is 38.9 Å². The van der Waals surface area contributed by atoms with Crippen LogP contribution < -0.4 is 10.2 Å². The smallest absolute Gasteiger partial charge is 0.226 e. The number of hydrogen-bond donors (Lipinski definition) is 1. The van der Waals surface area contributed by atoms with Crippen molar-refractivity contribution < 1.29 is 14.4 Å². The Morgan fingerprint density at radius 3 is 2.46 bits per heavy atom. The van der Waals surface area contributed by atoms with Crippen LogP contribution in [0.4, 0.5) is 5.69 Å². The van der Waals surface area contributed by atoms with Crippen LogP contribution in [0.2, 0.25) is 0 Å². The fourth-order valence-electron chi connectivity index (χ4n) is 3.68. The molecule has 2 aliphatic rings. The van der Waals surface area contributed by atoms with Crippen molar-refractivity contribution in [3.63, 3.8) is 0 Å². The highest BCUT2D eigenvalue weighted by Gasteiger charge is 2.25. The zero-order valence-corrected chi connectivity index (χ0v) is 16.4. The number of amides is 3. The molecule has 2 heterocycles. The van der Waals surface area contributed by atoms with Gasteiger partial charge >= 0.3 is 0 Å². The van der Waals surface area contributed by atoms with E-state index in [1.54, 1.807) is 11.8 Å². The molecule has 3 rings (SSSR count). The molecule has 0 atom stereocenters. The van der Waals surface area contributed by atoms with Gasteiger partial charge in [-0.3, -0.25) is 14.4 Å². The number of piperidine rings is 2. The number of hydrogen-bond acceptors (Lipinski definition) is 3. The zero-order chi connectivity index (χ0) is 19.9. The van der Waals surface area contributed by atoms with Crippen molar-refractivity contribution in [1.29, 1.82) is 0 Å². The highest BCUT2D eigenvalue weighted by molar-refractivity contribution is 5.94. The highest BCUT2D eigenvalue weighted by Crippen LogP contribution is 2.21. The highest BCUT2D eigenvalue weighted by atomic mass is 16.2. The summed E-state index contributed by atoms with van der Waals surface area (Å²) in [5.74, 6) is 6.24. The fraction of sp³-hybridized carbons (Fsp3) is 0.500. The standard InChI is InChI=1S/C22H27N3O3/c1-17(26)24-15-11-19(12-16-24)22(28)23-13-4-5-18-7-9-20(10-8-18)25-14-3-2-6-21(25)27/h7-10,19H,2-3,6,11-16H2,1H3,(H,23,28). The molecule has 0 aromatic heterocycles. The van der Waals surface area contributed by atoms with E-state index in [-0.39, 0.29) is 23.6 Å². The molecule has 28 heavy (non-hydrogen) atoms. The molecule has 0 saturated carbocycles. The maximum atomic E-state index is 12.2. The van der Waals surface area contributed by atoms with Crippen molar-refractivity contribution in [3.8, 4) is 11.8 Å². The largest absolute Gasteiger partial charge is 0.345 e. The molecule has 0 spiro atoms. The van der Waals surface area contributed by atoms with Crippen LogP contribution in [0, 0.1) is 17.8 Å². The number of nitrogens with one attached hydrogen (secondary N) is 1. The SMILES string of the molecule is CC(=O)N1CCC(C(=O)NCC#Cc2ccc(N3CCCCC3=O)cc2)CC1. The number of nitrogens with zero attached hydrogens (tertiary/aromatic N) is 2. The lowest BCUT2D eigenvalue weighted by Crippen LogP contribution is -2.42. The number of benzene rings is 1. The van der Waals surface area contributed by atoms with Crippen LogP contribution >= 0.6 is 0 Å². The van der Waals surface area contributed by atoms with Gasteiger partial charge in [0.1, 0.15) is 0 Å². The molecular formula is C22H27N3O3. The number of carbonyl (C=O) groups is 3. The van der Waals surface area contributed by atoms with E-state index in [0.717, 1.165) is 30.6 Å². The Hall–Kier alpha value is -2.81. The first-order chi connectivity index (χ1) is 13.5. The van der Waals surface area contributed by atoms with Crippen molar-refractivity contribution in [3.05, 3.63) is 29.8 Å². The number of carbonyl (C=O) groups excluding carboxylic acids is 3. The third-order valence-corrected chi connectivity index (χ3v) is 5.40. The van der Waals surface area contributed by atoms with Crippen molar-refractivity contribution >= 4 is 23.4 Å². The quantitative estimate of drug-likeness (QED) is 0.814. The number of anilines is 1. The van der Waals surface area contributed by atoms with Crippen LogP contribution in [0.1, 0.15) is 44.6 Å². The van der Waals surface area contributed by atoms with Crippen molar-refractivity contribution in [2.75, 3.05) is 31.1 Å². The van der Waals surface area contributed by atoms with Gasteiger partial charge in [-0.1, -0.05) is 11.8 Å². The molecule has 3 amide bonds. The topological polar surface area (TPSA) is 69.7 Å². The maximum absolute atomic E-state index is 12.2. The van der Waals surface area contributed by atoms with E-state index in [1.807, 2.05) is 29.2 Å². The molecule has 0 bridgehead atoms. The predicted octanol–water partition coefficient (Wildman–Crippen LogP) is 1.93. The second-order valence-electron chi connectivity index (χ2n) is 7.35. The molecule has 2 saturated heterocycles. The first kappa shape index (κ1) is 19.9. The van der Waals surface area contributed by atoms with E-state index in [9.17, 15) is 14.4 Å². The Morgan fingerprint density at radius 1 is 1.11 bits per heavy atom. The normalized spacial score (nSPS) is 17.7. The molecule has 2 aliphatic heterocycles. The second-order valence-corrected chi connectivity index (χ2v) is 7.35. The Kier molecular flexibility index (Phi) is 6.70. The first-order valence-electron chi connectivity index (χ1n) is 9.97. The van der Waals surface area contributed by atoms with Gasteiger partial charge in [-0.15, -0.1) is 0 Å². The third-order valence-electron chi connectivity index (χ3n) is 5.40. The summed E-state index contributed by atoms with van der Waals surface area (Å²) in [6, 6.07) is 7.66. The third kappa shape index (κ3) is 5.13. The lowest BCUT2D eigenvalue weighted by Gasteiger charge is -2.30. The fourth-order valence-corrected chi connectivity index (χ4v) is 3.68. The monoisotopic (exact) mass is 381 g/mol. The molecule has 1 aromatic carbocycles. The molecule has 0 radical (unpaired) electrons. The van der Waals surface area contributed by atoms with Crippen LogP contribution in [0.5, 0.6) is 0 Å². The van der Waals surface area contributed by atoms with Gasteiger partial charge in [0.05, 0.1) is 6.54 Å². The van der Waals surface area contributed by atoms with Crippen LogP contribution in [-0.2, 0) is 14.4 Å². The second kappa shape index (κ2) is 9.41. The summed E-state index contributed by atoms with van der Waals surface area (Å²) < 4.78 is 0. The van der Waals surface area contributed by atoms with Gasteiger partial charge in [0.2, 0.25) is 17.7 Å². The van der Waals surface area contributed by atoms with Crippen LogP contribution in [0.15, 0.2) is 24.3 Å². The van der Waals surface area contributed by atoms with Gasteiger partial charge in [0.25, 0.3) is 0 Å². The van der Waals surface area contributed by atoms with E-state index in [4.69, 9.17) is 0 Å². The molecule has 0 aliphatic carbocycles. The van der Waals surface area contributed by atoms with E-state index in [1.165, 1.54) is 0 Å². The van der Waals surface area contributed by atoms with Crippen molar-refractivity contribution in [2.24, 2.45) is 5.92 Å². The molecule has 0 unspecified atom stereocenters. The molecule has 1 N–H and O–H groups in total. The van der Waals surface area contributed by atoms with Gasteiger partial charge < -0.3 is 15.1 Å². The molecular weight excluding hydrogens is 354 g/mol. The number of likely N-dealkylation sites (tertiary alicyclic amines) is 1. The summed E-state index contributed by atoms with van der Waals surface area (Å²) in [4.78, 5) is 39.1. The molecule has 2 fully saturated rings. The lowest BCUT2D eigenvalue weighted by molar-refractivity contribution is -0.133. The van der Waals surface area contributed by atoms with Crippen LogP contribution in [0.25, 0.3) is 0 Å². The van der Waals surface area contributed by atoms with E-state index < -0.39 is 0 Å². The summed E-state index contributed by atoms with van der Waals surface area (Å²) in [5, 5.41) is 2.87. The average Bonchev–Trinajstić information content (AvgIpc) is 2.72. The van der Waals surface area contributed by atoms with Crippen LogP contribution in [-0.4, -0.2) is 48.8 Å². The van der Waals surface area contributed by atoms with Gasteiger partial charge in [-0.25, -0.2) is 0 Å². The molecule has 6 heteroatoms. The first-order valence-corrected chi connectivity index (χ1v) is 9.97. The summed E-state index contributed by atoms with van der Waals surface area (Å²) in [7, 11) is 0. The maximum Gasteiger partial charge on any atom is 0.226 e. The summed E-state index contributed by atoms with van der Waals surface area (Å²) in [5.41, 5.74) is 1.78. The molecule has 1 aromatic rings. The van der Waals surface area contributed by atoms with E-state index in [2.05, 4.69) is 17.2 Å². The predicted molar refractivity (Wildman–Crippen MR) is 108 cm³/mol. The van der Waals surface area contributed by atoms with E-state index >= 15 is 0 Å². The van der Waals surface area contributed by atoms with Gasteiger partial charge in [-0.05, 0) is 49.9 Å². The lowest BCUT2D eigenvalue weighted by atomic mass is 9.96. The number of rotatable bonds is 3. The minimum atomic E-state index is -0.0428. The summed E-state index contributed by atoms with van der Waals surface area (Å²) in [6.45, 7) is 3.93. The minimum Gasteiger partial charge on any atom is -0.345 e. The molecule has 148 valence electrons. The van der Waals surface area contributed by atoms with Gasteiger partial charge in [0.15, 0.2) is 0 Å². The Bertz CT molecular complexity index is 783. The average molecular weight is 381 g/mol. The summed E-state index contributed by atoms with van der Waals surface area (Å²) in [6.07, 6.45) is 4.04. The zero-order valence-electron chi connectivity index (χ0n) is 16.4. The molecule has 6 nitrogen and oxygen atoms in total. The van der Waals surface area contributed by atoms with Gasteiger partial charge in [-0.2, -0.15) is 0 Å². The summed E-state index contributed by atoms with van der Waals surface area (Å²) >= 11 is 0. The van der Waals surface area contributed by atoms with Crippen molar-refractivity contribution in [2.45, 2.75) is 39.0 Å². The Labute approximate surface area is 166 Å². The Balaban J connectivity index is 1.45. The van der Waals surface area contributed by atoms with Crippen molar-refractivity contribution in [1.82, 2.24) is 10.2 Å². The minimum absolute atomic E-state index is 0.0106. The Morgan fingerprint density at radius 2 is 1.82 bits per heavy atom.